The van der Waals surface area contributed by atoms with Gasteiger partial charge < -0.3 is 24.5 Å². The molecule has 0 aromatic rings. The molecule has 0 aromatic heterocycles. The van der Waals surface area contributed by atoms with Gasteiger partial charge in [-0.15, -0.1) is 0 Å². The molecular weight excluding hydrogens is 218 g/mol. The third kappa shape index (κ3) is 3.76. The second kappa shape index (κ2) is 6.41. The molecule has 1 saturated heterocycles. The fourth-order valence-corrected chi connectivity index (χ4v) is 1.33. The molecule has 16 heavy (non-hydrogen) atoms. The maximum atomic E-state index is 10.9. The Kier molecular flexibility index (Phi) is 5.17. The molecule has 0 bridgehead atoms. The van der Waals surface area contributed by atoms with Crippen molar-refractivity contribution >= 4 is 11.7 Å². The maximum Gasteiger partial charge on any atom is 0.335 e. The lowest BCUT2D eigenvalue weighted by Crippen LogP contribution is -2.27. The van der Waals surface area contributed by atoms with Crippen LogP contribution in [0.5, 0.6) is 0 Å². The topological polar surface area (TPSA) is 97.6 Å². The largest absolute Gasteiger partial charge is 0.467 e. The second-order valence-electron chi connectivity index (χ2n) is 3.28. The van der Waals surface area contributed by atoms with Crippen LogP contribution in [-0.2, 0) is 19.0 Å². The number of carbonyl (C=O) groups excluding carboxylic acids is 1. The number of aliphatic hydroxyl groups excluding tert-OH is 1. The van der Waals surface area contributed by atoms with Gasteiger partial charge in [0.15, 0.2) is 12.4 Å². The quantitative estimate of drug-likeness (QED) is 0.287. The van der Waals surface area contributed by atoms with Gasteiger partial charge in [-0.2, -0.15) is 0 Å². The number of esters is 1. The number of hydrogen-bond donors (Lipinski definition) is 2. The van der Waals surface area contributed by atoms with E-state index in [2.05, 4.69) is 9.89 Å². The number of oxime groups is 1. The highest BCUT2D eigenvalue weighted by Gasteiger charge is 2.23. The minimum absolute atomic E-state index is 0.105. The normalized spacial score (nSPS) is 19.8. The highest BCUT2D eigenvalue weighted by molar-refractivity contribution is 5.89. The van der Waals surface area contributed by atoms with Crippen LogP contribution in [0.25, 0.3) is 0 Å². The highest BCUT2D eigenvalue weighted by Crippen LogP contribution is 2.11. The molecule has 7 nitrogen and oxygen atoms in total. The summed E-state index contributed by atoms with van der Waals surface area (Å²) < 4.78 is 14.6. The van der Waals surface area contributed by atoms with E-state index in [4.69, 9.17) is 14.7 Å². The Morgan fingerprint density at radius 1 is 1.56 bits per heavy atom. The van der Waals surface area contributed by atoms with Crippen molar-refractivity contribution in [3.63, 3.8) is 0 Å². The summed E-state index contributed by atoms with van der Waals surface area (Å²) in [6, 6.07) is 0. The van der Waals surface area contributed by atoms with Crippen LogP contribution in [0.15, 0.2) is 5.16 Å². The van der Waals surface area contributed by atoms with Gasteiger partial charge in [-0.05, 0) is 0 Å². The molecular formula is C9H15NO6. The van der Waals surface area contributed by atoms with E-state index in [9.17, 15) is 9.90 Å². The van der Waals surface area contributed by atoms with E-state index in [0.29, 0.717) is 13.2 Å². The van der Waals surface area contributed by atoms with Crippen LogP contribution < -0.4 is 0 Å². The van der Waals surface area contributed by atoms with Crippen molar-refractivity contribution < 1.29 is 29.3 Å². The zero-order chi connectivity index (χ0) is 12.0. The molecule has 7 heteroatoms. The van der Waals surface area contributed by atoms with Crippen LogP contribution >= 0.6 is 0 Å². The van der Waals surface area contributed by atoms with Crippen LogP contribution in [-0.4, -0.2) is 54.7 Å². The number of ether oxygens (including phenoxy) is 3. The number of aliphatic hydroxyl groups is 1. The molecule has 2 N–H and O–H groups in total. The van der Waals surface area contributed by atoms with Crippen LogP contribution in [0.1, 0.15) is 12.8 Å². The molecule has 0 saturated carbocycles. The molecule has 92 valence electrons. The maximum absolute atomic E-state index is 10.9. The van der Waals surface area contributed by atoms with E-state index in [-0.39, 0.29) is 18.6 Å². The lowest BCUT2D eigenvalue weighted by molar-refractivity contribution is -0.150. The van der Waals surface area contributed by atoms with Crippen LogP contribution in [0.3, 0.4) is 0 Å². The van der Waals surface area contributed by atoms with E-state index in [1.54, 1.807) is 0 Å². The third-order valence-electron chi connectivity index (χ3n) is 2.14. The van der Waals surface area contributed by atoms with Crippen molar-refractivity contribution in [2.75, 3.05) is 20.3 Å². The summed E-state index contributed by atoms with van der Waals surface area (Å²) in [6.45, 7) is 0.978. The standard InChI is InChI=1S/C9H15NO6/c1-14-9(12)7(11)4-6(10-13)5-8-15-2-3-16-8/h7-8,11,13H,2-5H2,1H3/b10-6+. The van der Waals surface area contributed by atoms with Gasteiger partial charge in [0.2, 0.25) is 0 Å². The summed E-state index contributed by atoms with van der Waals surface area (Å²) in [5.41, 5.74) is 0.227. The number of rotatable bonds is 5. The Morgan fingerprint density at radius 3 is 2.69 bits per heavy atom. The molecule has 1 atom stereocenters. The highest BCUT2D eigenvalue weighted by atomic mass is 16.7. The van der Waals surface area contributed by atoms with E-state index in [1.807, 2.05) is 0 Å². The lowest BCUT2D eigenvalue weighted by Gasteiger charge is -2.12. The molecule has 1 fully saturated rings. The first-order valence-electron chi connectivity index (χ1n) is 4.86. The Bertz CT molecular complexity index is 261. The number of nitrogens with zero attached hydrogens (tertiary/aromatic N) is 1. The third-order valence-corrected chi connectivity index (χ3v) is 2.14. The van der Waals surface area contributed by atoms with Gasteiger partial charge in [-0.3, -0.25) is 0 Å². The van der Waals surface area contributed by atoms with E-state index >= 15 is 0 Å². The van der Waals surface area contributed by atoms with E-state index < -0.39 is 18.4 Å². The Labute approximate surface area is 92.6 Å². The predicted molar refractivity (Wildman–Crippen MR) is 52.2 cm³/mol. The Morgan fingerprint density at radius 2 is 2.19 bits per heavy atom. The first-order chi connectivity index (χ1) is 7.67. The van der Waals surface area contributed by atoms with Gasteiger partial charge >= 0.3 is 5.97 Å². The van der Waals surface area contributed by atoms with Gasteiger partial charge in [0.05, 0.1) is 26.0 Å². The predicted octanol–water partition coefficient (Wildman–Crippen LogP) is -0.496. The van der Waals surface area contributed by atoms with Crippen molar-refractivity contribution in [2.45, 2.75) is 25.2 Å². The van der Waals surface area contributed by atoms with Crippen molar-refractivity contribution in [1.29, 1.82) is 0 Å². The molecule has 1 unspecified atom stereocenters. The van der Waals surface area contributed by atoms with Gasteiger partial charge in [0.1, 0.15) is 0 Å². The molecule has 0 radical (unpaired) electrons. The average molecular weight is 233 g/mol. The van der Waals surface area contributed by atoms with Crippen molar-refractivity contribution in [1.82, 2.24) is 0 Å². The zero-order valence-corrected chi connectivity index (χ0v) is 8.96. The Balaban J connectivity index is 2.39. The molecule has 0 spiro atoms. The molecule has 0 aromatic carbocycles. The summed E-state index contributed by atoms with van der Waals surface area (Å²) in [4.78, 5) is 10.9. The fraction of sp³-hybridized carbons (Fsp3) is 0.778. The fourth-order valence-electron chi connectivity index (χ4n) is 1.33. The van der Waals surface area contributed by atoms with Gasteiger partial charge in [0.25, 0.3) is 0 Å². The monoisotopic (exact) mass is 233 g/mol. The molecule has 0 aliphatic carbocycles. The van der Waals surface area contributed by atoms with Crippen LogP contribution in [0.4, 0.5) is 0 Å². The van der Waals surface area contributed by atoms with Crippen molar-refractivity contribution in [2.24, 2.45) is 5.16 Å². The first-order valence-corrected chi connectivity index (χ1v) is 4.86. The van der Waals surface area contributed by atoms with Gasteiger partial charge in [-0.25, -0.2) is 4.79 Å². The average Bonchev–Trinajstić information content (AvgIpc) is 2.79. The van der Waals surface area contributed by atoms with Crippen molar-refractivity contribution in [3.8, 4) is 0 Å². The number of methoxy groups -OCH3 is 1. The molecule has 1 rings (SSSR count). The SMILES string of the molecule is COC(=O)C(O)C/C(CC1OCCO1)=N\O. The van der Waals surface area contributed by atoms with Gasteiger partial charge in [-0.1, -0.05) is 5.16 Å². The first kappa shape index (κ1) is 12.9. The second-order valence-corrected chi connectivity index (χ2v) is 3.28. The Hall–Kier alpha value is -1.18. The summed E-state index contributed by atoms with van der Waals surface area (Å²) in [6.07, 6.45) is -1.70. The zero-order valence-electron chi connectivity index (χ0n) is 8.96. The molecule has 1 heterocycles. The van der Waals surface area contributed by atoms with Gasteiger partial charge in [0, 0.05) is 12.8 Å². The minimum Gasteiger partial charge on any atom is -0.467 e. The van der Waals surface area contributed by atoms with Crippen LogP contribution in [0, 0.1) is 0 Å². The molecule has 1 aliphatic heterocycles. The summed E-state index contributed by atoms with van der Waals surface area (Å²) in [5.74, 6) is -0.769. The van der Waals surface area contributed by atoms with E-state index in [1.165, 1.54) is 7.11 Å². The summed E-state index contributed by atoms with van der Waals surface area (Å²) in [7, 11) is 1.17. The molecule has 0 amide bonds. The smallest absolute Gasteiger partial charge is 0.335 e. The number of carbonyl (C=O) groups is 1. The summed E-state index contributed by atoms with van der Waals surface area (Å²) in [5, 5.41) is 21.0. The van der Waals surface area contributed by atoms with Crippen LogP contribution in [0.2, 0.25) is 0 Å². The lowest BCUT2D eigenvalue weighted by atomic mass is 10.1. The summed E-state index contributed by atoms with van der Waals surface area (Å²) >= 11 is 0. The minimum atomic E-state index is -1.34. The van der Waals surface area contributed by atoms with E-state index in [0.717, 1.165) is 0 Å². The number of hydrogen-bond acceptors (Lipinski definition) is 7. The molecule has 1 aliphatic rings. The van der Waals surface area contributed by atoms with Crippen molar-refractivity contribution in [3.05, 3.63) is 0 Å².